The lowest BCUT2D eigenvalue weighted by Gasteiger charge is -2.38. The van der Waals surface area contributed by atoms with E-state index in [2.05, 4.69) is 39.0 Å². The van der Waals surface area contributed by atoms with Crippen molar-refractivity contribution in [2.24, 2.45) is 13.0 Å². The van der Waals surface area contributed by atoms with Gasteiger partial charge in [-0.3, -0.25) is 4.57 Å². The van der Waals surface area contributed by atoms with Gasteiger partial charge in [0, 0.05) is 59.0 Å². The van der Waals surface area contributed by atoms with Crippen LogP contribution in [0.25, 0.3) is 28.1 Å². The number of para-hydroxylation sites is 2. The number of nitrogens with zero attached hydrogens (tertiary/aromatic N) is 8. The number of anilines is 1. The lowest BCUT2D eigenvalue weighted by molar-refractivity contribution is -0.108. The zero-order chi connectivity index (χ0) is 24.6. The van der Waals surface area contributed by atoms with Crippen molar-refractivity contribution >= 4 is 34.3 Å². The number of morpholine rings is 1. The maximum atomic E-state index is 10.7. The molecule has 0 spiro atoms. The molecule has 1 aromatic carbocycles. The third kappa shape index (κ3) is 4.04. The quantitative estimate of drug-likeness (QED) is 0.348. The van der Waals surface area contributed by atoms with Gasteiger partial charge >= 0.3 is 0 Å². The predicted octanol–water partition coefficient (Wildman–Crippen LogP) is 2.16. The first-order valence-electron chi connectivity index (χ1n) is 12.8. The average molecular weight is 489 g/mol. The van der Waals surface area contributed by atoms with E-state index < -0.39 is 0 Å². The third-order valence-corrected chi connectivity index (χ3v) is 7.31. The second kappa shape index (κ2) is 9.59. The zero-order valence-corrected chi connectivity index (χ0v) is 20.9. The molecule has 188 valence electrons. The molecule has 3 aromatic heterocycles. The Morgan fingerprint density at radius 1 is 1.06 bits per heavy atom. The number of hydrogen-bond acceptors (Lipinski definition) is 8. The van der Waals surface area contributed by atoms with Crippen LogP contribution in [0.2, 0.25) is 0 Å². The molecule has 4 aromatic rings. The van der Waals surface area contributed by atoms with Gasteiger partial charge in [-0.25, -0.2) is 9.97 Å². The van der Waals surface area contributed by atoms with Gasteiger partial charge in [0.05, 0.1) is 24.2 Å². The smallest absolute Gasteiger partial charge is 0.239 e. The van der Waals surface area contributed by atoms with Crippen molar-refractivity contribution in [2.45, 2.75) is 26.2 Å². The highest BCUT2D eigenvalue weighted by molar-refractivity contribution is 5.86. The summed E-state index contributed by atoms with van der Waals surface area (Å²) in [6.07, 6.45) is 3.26. The first-order valence-corrected chi connectivity index (χ1v) is 12.8. The van der Waals surface area contributed by atoms with E-state index in [-0.39, 0.29) is 0 Å². The highest BCUT2D eigenvalue weighted by Crippen LogP contribution is 2.30. The van der Waals surface area contributed by atoms with Gasteiger partial charge in [0.1, 0.15) is 17.9 Å². The second-order valence-corrected chi connectivity index (χ2v) is 9.70. The van der Waals surface area contributed by atoms with Gasteiger partial charge in [-0.1, -0.05) is 19.1 Å². The number of hydrogen-bond donors (Lipinski definition) is 0. The van der Waals surface area contributed by atoms with Crippen molar-refractivity contribution in [3.8, 4) is 5.95 Å². The Hall–Kier alpha value is -3.37. The molecule has 0 unspecified atom stereocenters. The summed E-state index contributed by atoms with van der Waals surface area (Å²) in [7, 11) is 2.06. The second-order valence-electron chi connectivity index (χ2n) is 9.70. The summed E-state index contributed by atoms with van der Waals surface area (Å²) in [5.74, 6) is 4.00. The first kappa shape index (κ1) is 23.1. The molecule has 2 aliphatic rings. The maximum Gasteiger partial charge on any atom is 0.239 e. The van der Waals surface area contributed by atoms with Crippen LogP contribution in [0.4, 0.5) is 5.82 Å². The van der Waals surface area contributed by atoms with Crippen LogP contribution >= 0.6 is 0 Å². The van der Waals surface area contributed by atoms with E-state index in [4.69, 9.17) is 24.7 Å². The van der Waals surface area contributed by atoms with Crippen molar-refractivity contribution < 1.29 is 9.53 Å². The molecule has 0 N–H and O–H groups in total. The van der Waals surface area contributed by atoms with Gasteiger partial charge in [0.2, 0.25) is 5.95 Å². The Balaban J connectivity index is 1.43. The molecule has 36 heavy (non-hydrogen) atoms. The summed E-state index contributed by atoms with van der Waals surface area (Å²) in [4.78, 5) is 35.4. The highest BCUT2D eigenvalue weighted by atomic mass is 16.5. The minimum atomic E-state index is 0.538. The van der Waals surface area contributed by atoms with E-state index in [9.17, 15) is 4.79 Å². The van der Waals surface area contributed by atoms with E-state index in [1.54, 1.807) is 0 Å². The summed E-state index contributed by atoms with van der Waals surface area (Å²) in [5.41, 5.74) is 3.64. The van der Waals surface area contributed by atoms with Gasteiger partial charge in [0.25, 0.3) is 0 Å². The monoisotopic (exact) mass is 488 g/mol. The molecule has 10 heteroatoms. The Morgan fingerprint density at radius 3 is 2.64 bits per heavy atom. The number of aryl methyl sites for hydroxylation is 2. The van der Waals surface area contributed by atoms with Crippen LogP contribution in [0.5, 0.6) is 0 Å². The molecule has 0 atom stereocenters. The van der Waals surface area contributed by atoms with Crippen LogP contribution in [-0.4, -0.2) is 86.2 Å². The number of aromatic nitrogens is 6. The molecule has 0 aliphatic carbocycles. The van der Waals surface area contributed by atoms with Gasteiger partial charge in [0.15, 0.2) is 17.0 Å². The number of benzene rings is 1. The lowest BCUT2D eigenvalue weighted by Crippen LogP contribution is -2.48. The van der Waals surface area contributed by atoms with E-state index in [0.29, 0.717) is 31.5 Å². The normalized spacial score (nSPS) is 17.2. The number of carbonyl (C=O) groups excluding carboxylic acids is 1. The topological polar surface area (TPSA) is 94.2 Å². The van der Waals surface area contributed by atoms with E-state index >= 15 is 0 Å². The molecule has 0 radical (unpaired) electrons. The summed E-state index contributed by atoms with van der Waals surface area (Å²) < 4.78 is 9.83. The van der Waals surface area contributed by atoms with E-state index in [1.165, 1.54) is 0 Å². The lowest BCUT2D eigenvalue weighted by atomic mass is 9.96. The van der Waals surface area contributed by atoms with Crippen LogP contribution in [0, 0.1) is 5.92 Å². The standard InChI is InChI=1S/C26H32N8O2/c1-3-21-27-19-7-4-5-8-20(19)34(21)26-29-24-23(25(30-26)33-10-13-36-14-11-33)28-22(31(24)2)15-18-16-32(17-18)9-6-12-35/h4-5,7-8,12,18H,3,6,9-11,13-17H2,1-2H3. The van der Waals surface area contributed by atoms with Crippen LogP contribution < -0.4 is 4.90 Å². The van der Waals surface area contributed by atoms with Crippen molar-refractivity contribution in [3.05, 3.63) is 35.9 Å². The molecule has 0 saturated carbocycles. The summed E-state index contributed by atoms with van der Waals surface area (Å²) >= 11 is 0. The number of fused-ring (bicyclic) bond motifs is 2. The molecule has 10 nitrogen and oxygen atoms in total. The largest absolute Gasteiger partial charge is 0.378 e. The molecule has 0 bridgehead atoms. The fourth-order valence-electron chi connectivity index (χ4n) is 5.38. The summed E-state index contributed by atoms with van der Waals surface area (Å²) in [5, 5.41) is 0. The van der Waals surface area contributed by atoms with Crippen LogP contribution in [0.15, 0.2) is 24.3 Å². The van der Waals surface area contributed by atoms with Gasteiger partial charge in [-0.05, 0) is 18.1 Å². The molecular weight excluding hydrogens is 456 g/mol. The van der Waals surface area contributed by atoms with Crippen molar-refractivity contribution in [1.82, 2.24) is 34.0 Å². The Labute approximate surface area is 209 Å². The number of rotatable bonds is 8. The first-order chi connectivity index (χ1) is 17.7. The summed E-state index contributed by atoms with van der Waals surface area (Å²) in [6, 6.07) is 8.15. The van der Waals surface area contributed by atoms with Crippen molar-refractivity contribution in [3.63, 3.8) is 0 Å². The molecule has 2 fully saturated rings. The van der Waals surface area contributed by atoms with Crippen molar-refractivity contribution in [2.75, 3.05) is 50.8 Å². The number of likely N-dealkylation sites (tertiary alicyclic amines) is 1. The molecule has 0 amide bonds. The highest BCUT2D eigenvalue weighted by Gasteiger charge is 2.29. The molecule has 2 aliphatic heterocycles. The fraction of sp³-hybridized carbons (Fsp3) is 0.500. The Bertz CT molecular complexity index is 1400. The van der Waals surface area contributed by atoms with Gasteiger partial charge in [-0.15, -0.1) is 0 Å². The van der Waals surface area contributed by atoms with Gasteiger partial charge in [-0.2, -0.15) is 9.97 Å². The maximum absolute atomic E-state index is 10.7. The number of carbonyl (C=O) groups is 1. The minimum absolute atomic E-state index is 0.538. The van der Waals surface area contributed by atoms with Crippen LogP contribution in [0.1, 0.15) is 25.0 Å². The number of aldehydes is 1. The van der Waals surface area contributed by atoms with Gasteiger partial charge < -0.3 is 23.9 Å². The average Bonchev–Trinajstić information content (AvgIpc) is 3.42. The Kier molecular flexibility index (Phi) is 6.14. The molecule has 5 heterocycles. The SMILES string of the molecule is CCc1nc2ccccc2n1-c1nc(N2CCOCC2)c2nc(CC3CN(CCC=O)C3)n(C)c2n1. The molecule has 2 saturated heterocycles. The van der Waals surface area contributed by atoms with E-state index in [1.807, 2.05) is 18.2 Å². The Morgan fingerprint density at radius 2 is 1.86 bits per heavy atom. The summed E-state index contributed by atoms with van der Waals surface area (Å²) in [6.45, 7) is 7.86. The number of imidazole rings is 2. The molecule has 6 rings (SSSR count). The molecular formula is C26H32N8O2. The number of ether oxygens (including phenoxy) is 1. The van der Waals surface area contributed by atoms with Crippen LogP contribution in [-0.2, 0) is 29.4 Å². The third-order valence-electron chi connectivity index (χ3n) is 7.31. The predicted molar refractivity (Wildman–Crippen MR) is 138 cm³/mol. The minimum Gasteiger partial charge on any atom is -0.378 e. The zero-order valence-electron chi connectivity index (χ0n) is 20.9. The van der Waals surface area contributed by atoms with E-state index in [0.717, 1.165) is 91.5 Å². The fourth-order valence-corrected chi connectivity index (χ4v) is 5.38. The van der Waals surface area contributed by atoms with Crippen LogP contribution in [0.3, 0.4) is 0 Å². The van der Waals surface area contributed by atoms with Crippen molar-refractivity contribution in [1.29, 1.82) is 0 Å².